The van der Waals surface area contributed by atoms with Gasteiger partial charge in [-0.25, -0.2) is 9.36 Å². The maximum absolute atomic E-state index is 13.7. The number of fused-ring (bicyclic) bond motifs is 3. The summed E-state index contributed by atoms with van der Waals surface area (Å²) < 4.78 is 8.99. The van der Waals surface area contributed by atoms with Gasteiger partial charge in [0.25, 0.3) is 5.56 Å². The number of nitrogens with zero attached hydrogens (tertiary/aromatic N) is 2. The number of methoxy groups -OCH3 is 1. The van der Waals surface area contributed by atoms with Gasteiger partial charge in [-0.1, -0.05) is 37.3 Å². The predicted octanol–water partition coefficient (Wildman–Crippen LogP) is 4.58. The molecule has 8 heteroatoms. The molecule has 0 radical (unpaired) electrons. The lowest BCUT2D eigenvalue weighted by Gasteiger charge is -2.13. The maximum atomic E-state index is 13.7. The molecule has 35 heavy (non-hydrogen) atoms. The van der Waals surface area contributed by atoms with Crippen molar-refractivity contribution in [3.8, 4) is 11.4 Å². The molecule has 0 saturated carbocycles. The minimum atomic E-state index is -0.576. The van der Waals surface area contributed by atoms with Crippen LogP contribution in [0.15, 0.2) is 82.4 Å². The van der Waals surface area contributed by atoms with Crippen molar-refractivity contribution in [2.24, 2.45) is 0 Å². The highest BCUT2D eigenvalue weighted by molar-refractivity contribution is 7.25. The molecule has 0 unspecified atom stereocenters. The van der Waals surface area contributed by atoms with Crippen LogP contribution in [-0.2, 0) is 17.8 Å². The minimum Gasteiger partial charge on any atom is -0.497 e. The van der Waals surface area contributed by atoms with Crippen LogP contribution in [0, 0.1) is 0 Å². The second-order valence-electron chi connectivity index (χ2n) is 8.08. The molecule has 1 N–H and O–H groups in total. The monoisotopic (exact) mass is 485 g/mol. The van der Waals surface area contributed by atoms with Crippen LogP contribution in [0.1, 0.15) is 12.5 Å². The summed E-state index contributed by atoms with van der Waals surface area (Å²) >= 11 is 1.31. The van der Waals surface area contributed by atoms with E-state index in [0.717, 1.165) is 26.6 Å². The second kappa shape index (κ2) is 9.23. The van der Waals surface area contributed by atoms with Crippen molar-refractivity contribution in [3.05, 3.63) is 99.2 Å². The molecule has 0 atom stereocenters. The zero-order valence-electron chi connectivity index (χ0n) is 19.3. The first-order valence-corrected chi connectivity index (χ1v) is 12.0. The summed E-state index contributed by atoms with van der Waals surface area (Å²) in [6, 6.07) is 21.8. The number of carbonyl (C=O) groups excluding carboxylic acids is 1. The molecule has 0 bridgehead atoms. The van der Waals surface area contributed by atoms with Gasteiger partial charge in [0.1, 0.15) is 17.0 Å². The number of aryl methyl sites for hydroxylation is 1. The Morgan fingerprint density at radius 1 is 0.971 bits per heavy atom. The van der Waals surface area contributed by atoms with E-state index in [2.05, 4.69) is 12.2 Å². The fourth-order valence-electron chi connectivity index (χ4n) is 4.12. The third-order valence-corrected chi connectivity index (χ3v) is 7.09. The Hall–Kier alpha value is -4.17. The van der Waals surface area contributed by atoms with E-state index in [1.807, 2.05) is 48.5 Å². The van der Waals surface area contributed by atoms with Crippen LogP contribution < -0.4 is 21.3 Å². The molecule has 5 rings (SSSR count). The number of rotatable bonds is 6. The van der Waals surface area contributed by atoms with Crippen molar-refractivity contribution in [2.75, 3.05) is 12.4 Å². The third kappa shape index (κ3) is 4.13. The van der Waals surface area contributed by atoms with Crippen LogP contribution in [0.4, 0.5) is 5.69 Å². The molecule has 0 aliphatic heterocycles. The molecular formula is C27H23N3O4S. The molecule has 0 aliphatic rings. The number of hydrogen-bond acceptors (Lipinski definition) is 5. The molecule has 1 amide bonds. The van der Waals surface area contributed by atoms with Crippen molar-refractivity contribution in [1.82, 2.24) is 9.13 Å². The first kappa shape index (κ1) is 22.6. The first-order chi connectivity index (χ1) is 17.0. The van der Waals surface area contributed by atoms with Crippen LogP contribution in [0.2, 0.25) is 0 Å². The van der Waals surface area contributed by atoms with Crippen LogP contribution >= 0.6 is 11.3 Å². The van der Waals surface area contributed by atoms with Crippen LogP contribution in [0.3, 0.4) is 0 Å². The molecular weight excluding hydrogens is 462 g/mol. The highest BCUT2D eigenvalue weighted by Gasteiger charge is 2.21. The summed E-state index contributed by atoms with van der Waals surface area (Å²) in [6.07, 6.45) is 0.903. The van der Waals surface area contributed by atoms with Gasteiger partial charge in [0, 0.05) is 15.8 Å². The van der Waals surface area contributed by atoms with Crippen molar-refractivity contribution in [1.29, 1.82) is 0 Å². The van der Waals surface area contributed by atoms with Gasteiger partial charge in [-0.3, -0.25) is 14.2 Å². The topological polar surface area (TPSA) is 82.3 Å². The highest BCUT2D eigenvalue weighted by atomic mass is 32.1. The SMILES string of the molecule is CCc1ccc(NC(=O)Cn2c(=O)n(-c3ccc(OC)cc3)c(=O)c3sc4ccccc4c32)cc1. The molecule has 0 fully saturated rings. The summed E-state index contributed by atoms with van der Waals surface area (Å²) in [4.78, 5) is 40.2. The molecule has 0 aliphatic carbocycles. The first-order valence-electron chi connectivity index (χ1n) is 11.2. The lowest BCUT2D eigenvalue weighted by atomic mass is 10.1. The molecule has 5 aromatic rings. The molecule has 3 aromatic carbocycles. The highest BCUT2D eigenvalue weighted by Crippen LogP contribution is 2.31. The summed E-state index contributed by atoms with van der Waals surface area (Å²) in [7, 11) is 1.55. The van der Waals surface area contributed by atoms with Gasteiger partial charge in [-0.2, -0.15) is 0 Å². The Morgan fingerprint density at radius 2 is 1.69 bits per heavy atom. The van der Waals surface area contributed by atoms with Gasteiger partial charge in [0.05, 0.1) is 18.3 Å². The fourth-order valence-corrected chi connectivity index (χ4v) is 5.26. The molecule has 2 heterocycles. The number of carbonyl (C=O) groups is 1. The number of anilines is 1. The minimum absolute atomic E-state index is 0.234. The van der Waals surface area contributed by atoms with Crippen molar-refractivity contribution < 1.29 is 9.53 Å². The largest absolute Gasteiger partial charge is 0.497 e. The average Bonchev–Trinajstić information content (AvgIpc) is 3.27. The van der Waals surface area contributed by atoms with Gasteiger partial charge in [-0.05, 0) is 54.4 Å². The third-order valence-electron chi connectivity index (χ3n) is 5.94. The van der Waals surface area contributed by atoms with E-state index in [0.29, 0.717) is 27.3 Å². The summed E-state index contributed by atoms with van der Waals surface area (Å²) in [5.74, 6) is 0.256. The quantitative estimate of drug-likeness (QED) is 0.382. The van der Waals surface area contributed by atoms with E-state index in [1.54, 1.807) is 31.4 Å². The zero-order valence-corrected chi connectivity index (χ0v) is 20.1. The molecule has 7 nitrogen and oxygen atoms in total. The van der Waals surface area contributed by atoms with E-state index in [4.69, 9.17) is 4.74 Å². The van der Waals surface area contributed by atoms with E-state index in [1.165, 1.54) is 15.9 Å². The number of aromatic nitrogens is 2. The van der Waals surface area contributed by atoms with Crippen molar-refractivity contribution >= 4 is 43.2 Å². The Labute approximate surface area is 204 Å². The number of benzene rings is 3. The summed E-state index contributed by atoms with van der Waals surface area (Å²) in [5, 5.41) is 3.63. The lowest BCUT2D eigenvalue weighted by molar-refractivity contribution is -0.116. The fraction of sp³-hybridized carbons (Fsp3) is 0.148. The number of thiophene rings is 1. The molecule has 176 valence electrons. The average molecular weight is 486 g/mol. The van der Waals surface area contributed by atoms with E-state index in [9.17, 15) is 14.4 Å². The van der Waals surface area contributed by atoms with Gasteiger partial charge in [-0.15, -0.1) is 11.3 Å². The lowest BCUT2D eigenvalue weighted by Crippen LogP contribution is -2.40. The molecule has 0 saturated heterocycles. The second-order valence-corrected chi connectivity index (χ2v) is 9.13. The Kier molecular flexibility index (Phi) is 5.96. The number of hydrogen-bond donors (Lipinski definition) is 1. The Morgan fingerprint density at radius 3 is 2.37 bits per heavy atom. The van der Waals surface area contributed by atoms with E-state index >= 15 is 0 Å². The zero-order chi connectivity index (χ0) is 24.5. The number of ether oxygens (including phenoxy) is 1. The van der Waals surface area contributed by atoms with Crippen LogP contribution in [-0.4, -0.2) is 22.2 Å². The normalized spacial score (nSPS) is 11.1. The molecule has 2 aromatic heterocycles. The predicted molar refractivity (Wildman–Crippen MR) is 140 cm³/mol. The summed E-state index contributed by atoms with van der Waals surface area (Å²) in [5.41, 5.74) is 1.70. The van der Waals surface area contributed by atoms with Gasteiger partial charge >= 0.3 is 5.69 Å². The van der Waals surface area contributed by atoms with Gasteiger partial charge in [0.2, 0.25) is 5.91 Å². The van der Waals surface area contributed by atoms with E-state index in [-0.39, 0.29) is 12.5 Å². The van der Waals surface area contributed by atoms with Gasteiger partial charge in [0.15, 0.2) is 0 Å². The van der Waals surface area contributed by atoms with Gasteiger partial charge < -0.3 is 10.1 Å². The molecule has 0 spiro atoms. The smallest absolute Gasteiger partial charge is 0.336 e. The van der Waals surface area contributed by atoms with Crippen LogP contribution in [0.5, 0.6) is 5.75 Å². The maximum Gasteiger partial charge on any atom is 0.336 e. The summed E-state index contributed by atoms with van der Waals surface area (Å²) in [6.45, 7) is 1.83. The van der Waals surface area contributed by atoms with Crippen LogP contribution in [0.25, 0.3) is 26.0 Å². The number of nitrogens with one attached hydrogen (secondary N) is 1. The Balaban J connectivity index is 1.66. The Bertz CT molecular complexity index is 1660. The van der Waals surface area contributed by atoms with Crippen molar-refractivity contribution in [3.63, 3.8) is 0 Å². The van der Waals surface area contributed by atoms with Crippen molar-refractivity contribution in [2.45, 2.75) is 19.9 Å². The number of amides is 1. The standard InChI is InChI=1S/C27H23N3O4S/c1-3-17-8-10-18(11-9-17)28-23(31)16-29-24-21-6-4-5-7-22(21)35-25(24)26(32)30(27(29)33)19-12-14-20(34-2)15-13-19/h4-15H,3,16H2,1-2H3,(H,28,31). The van der Waals surface area contributed by atoms with E-state index < -0.39 is 11.2 Å².